The van der Waals surface area contributed by atoms with Crippen molar-refractivity contribution in [1.29, 1.82) is 0 Å². The van der Waals surface area contributed by atoms with Gasteiger partial charge in [0.15, 0.2) is 0 Å². The molecule has 0 atom stereocenters. The van der Waals surface area contributed by atoms with Gasteiger partial charge in [0.1, 0.15) is 6.42 Å². The maximum absolute atomic E-state index is 11.9. The minimum Gasteiger partial charge on any atom is -0.478 e. The quantitative estimate of drug-likeness (QED) is 0.897. The lowest BCUT2D eigenvalue weighted by Gasteiger charge is -2.08. The Morgan fingerprint density at radius 1 is 1.28 bits per heavy atom. The van der Waals surface area contributed by atoms with E-state index < -0.39 is 24.5 Å². The Morgan fingerprint density at radius 3 is 2.39 bits per heavy atom. The number of benzene rings is 1. The van der Waals surface area contributed by atoms with Gasteiger partial charge in [-0.3, -0.25) is 4.79 Å². The van der Waals surface area contributed by atoms with Crippen molar-refractivity contribution in [3.05, 3.63) is 28.2 Å². The zero-order chi connectivity index (χ0) is 13.9. The number of anilines is 1. The van der Waals surface area contributed by atoms with Crippen molar-refractivity contribution in [2.75, 3.05) is 5.32 Å². The third-order valence-electron chi connectivity index (χ3n) is 1.79. The van der Waals surface area contributed by atoms with Crippen LogP contribution in [0, 0.1) is 0 Å². The molecule has 0 unspecified atom stereocenters. The zero-order valence-electron chi connectivity index (χ0n) is 8.71. The van der Waals surface area contributed by atoms with Crippen molar-refractivity contribution in [2.24, 2.45) is 0 Å². The molecule has 1 aromatic rings. The normalized spacial score (nSPS) is 11.1. The van der Waals surface area contributed by atoms with Crippen LogP contribution in [0.1, 0.15) is 16.8 Å². The molecule has 0 aliphatic heterocycles. The van der Waals surface area contributed by atoms with Crippen molar-refractivity contribution in [1.82, 2.24) is 0 Å². The molecule has 0 fully saturated rings. The molecule has 98 valence electrons. The summed E-state index contributed by atoms with van der Waals surface area (Å²) in [6.07, 6.45) is -6.23. The van der Waals surface area contributed by atoms with Crippen LogP contribution in [0.4, 0.5) is 18.9 Å². The van der Waals surface area contributed by atoms with Gasteiger partial charge in [0.2, 0.25) is 5.91 Å². The minimum absolute atomic E-state index is 0.0176. The first-order chi connectivity index (χ1) is 8.17. The summed E-state index contributed by atoms with van der Waals surface area (Å²) in [5.74, 6) is -2.50. The number of alkyl halides is 3. The van der Waals surface area contributed by atoms with Crippen molar-refractivity contribution < 1.29 is 27.9 Å². The predicted molar refractivity (Wildman–Crippen MR) is 60.4 cm³/mol. The van der Waals surface area contributed by atoms with Gasteiger partial charge in [-0.25, -0.2) is 4.79 Å². The topological polar surface area (TPSA) is 66.4 Å². The summed E-state index contributed by atoms with van der Waals surface area (Å²) in [6.45, 7) is 0. The Bertz CT molecular complexity index is 488. The molecule has 4 nitrogen and oxygen atoms in total. The van der Waals surface area contributed by atoms with E-state index in [9.17, 15) is 22.8 Å². The lowest BCUT2D eigenvalue weighted by Crippen LogP contribution is -2.21. The molecule has 0 saturated heterocycles. The second kappa shape index (κ2) is 5.38. The molecule has 2 N–H and O–H groups in total. The average Bonchev–Trinajstić information content (AvgIpc) is 2.12. The molecule has 0 aromatic heterocycles. The van der Waals surface area contributed by atoms with Crippen LogP contribution < -0.4 is 5.32 Å². The Kier molecular flexibility index (Phi) is 4.33. The van der Waals surface area contributed by atoms with E-state index in [1.165, 1.54) is 12.1 Å². The summed E-state index contributed by atoms with van der Waals surface area (Å²) in [7, 11) is 0. The van der Waals surface area contributed by atoms with Gasteiger partial charge in [-0.2, -0.15) is 13.2 Å². The summed E-state index contributed by atoms with van der Waals surface area (Å²) in [4.78, 5) is 21.7. The molecular formula is C10H7BrF3NO3. The highest BCUT2D eigenvalue weighted by molar-refractivity contribution is 9.10. The monoisotopic (exact) mass is 325 g/mol. The van der Waals surface area contributed by atoms with Gasteiger partial charge in [-0.1, -0.05) is 15.9 Å². The van der Waals surface area contributed by atoms with Crippen LogP contribution in [0.2, 0.25) is 0 Å². The van der Waals surface area contributed by atoms with E-state index in [0.29, 0.717) is 4.47 Å². The Morgan fingerprint density at radius 2 is 1.89 bits per heavy atom. The Balaban J connectivity index is 2.85. The van der Waals surface area contributed by atoms with Crippen LogP contribution in [-0.4, -0.2) is 23.2 Å². The van der Waals surface area contributed by atoms with Gasteiger partial charge in [0.05, 0.1) is 5.56 Å². The van der Waals surface area contributed by atoms with E-state index in [4.69, 9.17) is 5.11 Å². The zero-order valence-corrected chi connectivity index (χ0v) is 10.3. The number of rotatable bonds is 3. The van der Waals surface area contributed by atoms with Gasteiger partial charge < -0.3 is 10.4 Å². The number of aromatic carboxylic acids is 1. The van der Waals surface area contributed by atoms with Gasteiger partial charge in [-0.05, 0) is 18.2 Å². The third kappa shape index (κ3) is 4.74. The first kappa shape index (κ1) is 14.5. The van der Waals surface area contributed by atoms with Crippen molar-refractivity contribution in [3.63, 3.8) is 0 Å². The number of amides is 1. The molecule has 1 rings (SSSR count). The number of nitrogens with one attached hydrogen (secondary N) is 1. The molecule has 0 aliphatic rings. The lowest BCUT2D eigenvalue weighted by molar-refractivity contribution is -0.150. The number of carboxylic acids is 1. The van der Waals surface area contributed by atoms with Crippen LogP contribution in [-0.2, 0) is 4.79 Å². The van der Waals surface area contributed by atoms with Crippen molar-refractivity contribution >= 4 is 33.5 Å². The van der Waals surface area contributed by atoms with Crippen molar-refractivity contribution in [2.45, 2.75) is 12.6 Å². The van der Waals surface area contributed by atoms with Crippen LogP contribution >= 0.6 is 15.9 Å². The van der Waals surface area contributed by atoms with Crippen LogP contribution in [0.15, 0.2) is 22.7 Å². The Labute approximate surface area is 108 Å². The SMILES string of the molecule is O=C(CC(F)(F)F)Nc1cc(Br)cc(C(=O)O)c1. The second-order valence-corrected chi connectivity index (χ2v) is 4.29. The van der Waals surface area contributed by atoms with Crippen molar-refractivity contribution in [3.8, 4) is 0 Å². The second-order valence-electron chi connectivity index (χ2n) is 3.37. The van der Waals surface area contributed by atoms with Crippen LogP contribution in [0.5, 0.6) is 0 Å². The standard InChI is InChI=1S/C10H7BrF3NO3/c11-6-1-5(9(17)18)2-7(3-6)15-8(16)4-10(12,13)14/h1-3H,4H2,(H,15,16)(H,17,18). The van der Waals surface area contributed by atoms with E-state index in [0.717, 1.165) is 6.07 Å². The van der Waals surface area contributed by atoms with E-state index in [1.807, 2.05) is 5.32 Å². The average molecular weight is 326 g/mol. The first-order valence-electron chi connectivity index (χ1n) is 4.58. The van der Waals surface area contributed by atoms with Gasteiger partial charge in [0, 0.05) is 10.2 Å². The predicted octanol–water partition coefficient (Wildman–Crippen LogP) is 3.04. The molecule has 0 heterocycles. The lowest BCUT2D eigenvalue weighted by atomic mass is 10.2. The number of carbonyl (C=O) groups is 2. The molecule has 1 aromatic carbocycles. The van der Waals surface area contributed by atoms with E-state index in [-0.39, 0.29) is 11.3 Å². The summed E-state index contributed by atoms with van der Waals surface area (Å²) in [5.41, 5.74) is -0.164. The molecule has 8 heteroatoms. The first-order valence-corrected chi connectivity index (χ1v) is 5.37. The molecule has 0 saturated carbocycles. The number of halogens is 4. The number of carboxylic acid groups (broad SMARTS) is 1. The molecule has 0 aliphatic carbocycles. The number of hydrogen-bond acceptors (Lipinski definition) is 2. The summed E-state index contributed by atoms with van der Waals surface area (Å²) >= 11 is 3.00. The fraction of sp³-hybridized carbons (Fsp3) is 0.200. The largest absolute Gasteiger partial charge is 0.478 e. The van der Waals surface area contributed by atoms with Gasteiger partial charge in [-0.15, -0.1) is 0 Å². The molecule has 0 bridgehead atoms. The highest BCUT2D eigenvalue weighted by atomic mass is 79.9. The highest BCUT2D eigenvalue weighted by Gasteiger charge is 2.31. The van der Waals surface area contributed by atoms with E-state index in [2.05, 4.69) is 15.9 Å². The summed E-state index contributed by atoms with van der Waals surface area (Å²) in [5, 5.41) is 10.7. The van der Waals surface area contributed by atoms with Gasteiger partial charge in [0.25, 0.3) is 0 Å². The minimum atomic E-state index is -4.61. The van der Waals surface area contributed by atoms with Crippen LogP contribution in [0.3, 0.4) is 0 Å². The fourth-order valence-electron chi connectivity index (χ4n) is 1.17. The summed E-state index contributed by atoms with van der Waals surface area (Å²) in [6, 6.07) is 3.64. The highest BCUT2D eigenvalue weighted by Crippen LogP contribution is 2.23. The maximum atomic E-state index is 11.9. The fourth-order valence-corrected chi connectivity index (χ4v) is 1.67. The number of hydrogen-bond donors (Lipinski definition) is 2. The molecule has 0 radical (unpaired) electrons. The number of carbonyl (C=O) groups excluding carboxylic acids is 1. The molecule has 1 amide bonds. The smallest absolute Gasteiger partial charge is 0.397 e. The molecular weight excluding hydrogens is 319 g/mol. The summed E-state index contributed by atoms with van der Waals surface area (Å²) < 4.78 is 36.1. The van der Waals surface area contributed by atoms with Crippen LogP contribution in [0.25, 0.3) is 0 Å². The Hall–Kier alpha value is -1.57. The molecule has 18 heavy (non-hydrogen) atoms. The maximum Gasteiger partial charge on any atom is 0.397 e. The van der Waals surface area contributed by atoms with E-state index in [1.54, 1.807) is 0 Å². The molecule has 0 spiro atoms. The third-order valence-corrected chi connectivity index (χ3v) is 2.25. The van der Waals surface area contributed by atoms with Gasteiger partial charge >= 0.3 is 12.1 Å². The van der Waals surface area contributed by atoms with E-state index >= 15 is 0 Å².